The molecule has 7 saturated heterocycles. The van der Waals surface area contributed by atoms with E-state index in [1.165, 1.54) is 95.0 Å². The van der Waals surface area contributed by atoms with Gasteiger partial charge in [-0.1, -0.05) is 6.92 Å². The van der Waals surface area contributed by atoms with Crippen LogP contribution in [0.2, 0.25) is 0 Å². The van der Waals surface area contributed by atoms with Crippen LogP contribution >= 0.6 is 47.0 Å². The van der Waals surface area contributed by atoms with Crippen LogP contribution < -0.4 is 67.9 Å². The molecule has 22 N–H and O–H groups in total. The van der Waals surface area contributed by atoms with Crippen molar-refractivity contribution >= 4 is 198 Å². The molecular formula is C72H97N28O33P7S7. The minimum atomic E-state index is -4.72. The Labute approximate surface area is 863 Å². The summed E-state index contributed by atoms with van der Waals surface area (Å²) in [6, 6.07) is 0. The Bertz CT molecular complexity index is 7380. The van der Waals surface area contributed by atoms with Gasteiger partial charge >= 0.3 is 64.1 Å². The zero-order chi connectivity index (χ0) is 105. The SMILES string of the molecule is CC[C@H]1O[C@@H](n2cc(C)c(=O)[nH]c2=O)C[C@H]1OP(O)(=S)OC[C@H]1O[C@@H](n2cc(C)c(N)nc2=O)C[C@H]1OP(O)(=S)OC[C@H]1O[C@@H](n2cc(C)c(=O)[nH]c2=O)C[C@H]1OP(O)(=S)OC[C@H]1O[C@@H](n2cnc3c(N)ncnc32)C[C@H]1OP(O)(=S)OC[C@H]1O[C@@H](n2cnc3c(N)ncnc32)C[C@H]1OP(O)(=S)OC[C@H]1O[C@@H](n2cnc3c(N)ncnc32)C[C@H]1OP(O)(=S)OC[C@H]1O[C@@H](n2cnc3c2NC(N)=NC3N)C[C@H]1OP(O)(=S)OC. The molecule has 8 unspecified atom stereocenters. The van der Waals surface area contributed by atoms with Gasteiger partial charge < -0.3 is 170 Å². The van der Waals surface area contributed by atoms with Crippen LogP contribution in [0, 0.1) is 20.8 Å². The average Bonchev–Trinajstić information content (AvgIpc) is 1.62. The highest BCUT2D eigenvalue weighted by Crippen LogP contribution is 2.59. The summed E-state index contributed by atoms with van der Waals surface area (Å²) in [5.41, 5.74) is 35.1. The smallest absolute Gasteiger partial charge is 0.351 e. The standard InChI is InChI=1S/C72H97N28O33P7S7/c1-6-33-34(7-47(120-33)95-15-31(3)67(101)92-71(95)104)128-135(107,142)114-18-42-36(8-48(121-42)94-14-30(2)58(73)90-70(94)103)129-136(108,143)116-19-43-37(9-49(122-43)96-16-32(4)68(102)93-72(96)105)130-137(109,144)117-20-44-39(12-51(123-44)98-27-86-55-60(75)80-24-83-64(55)98)132-139(111,146)119-22-46-40(13-52(125-46)99-28-87-56-61(76)81-25-84-65(56)99)133-140(112,147)118-21-45-38(11-50(124-45)97-26-85-54-59(74)79-23-82-63(54)97)131-138(110,145)115-17-41-35(127-134(106,141)113-5)10-53(126-41)100-29-88-57-62(77)89-69(78)91-66(57)100/h14-16,23-29,33-53,62H,6-13,17-22,77H2,1-5H3,(H,106,141)(H,107,142)(H,108,143)(H,109,144)(H,110,145)(H,111,146)(H,112,147)(H2,73,90,103)(H2,74,79,82)(H2,75,80,83)(H2,76,81,84)(H3,78,89,91)(H,92,101,104)(H,93,102,105)/t33-,34-,35-,36-,37-,38-,39-,40-,41-,42-,43-,44-,45-,46-,47-,48-,49-,50-,51-,52-,53-,62?,134?,135?,136?,137?,138?,139?,140?/m1/s1. The van der Waals surface area contributed by atoms with E-state index in [2.05, 4.69) is 75.1 Å². The van der Waals surface area contributed by atoms with Crippen molar-refractivity contribution in [3.8, 4) is 0 Å². The maximum Gasteiger partial charge on any atom is 0.351 e. The molecular weight excluding hydrogens is 2230 g/mol. The number of hydrogen-bond donors (Lipinski definition) is 16. The molecule has 0 spiro atoms. The molecule has 0 aliphatic carbocycles. The van der Waals surface area contributed by atoms with Crippen LogP contribution in [-0.4, -0.2) is 269 Å². The van der Waals surface area contributed by atoms with Crippen molar-refractivity contribution < 1.29 is 131 Å². The third kappa shape index (κ3) is 25.0. The first-order valence-electron chi connectivity index (χ1n) is 44.3. The number of nitrogen functional groups attached to an aromatic ring is 4. The van der Waals surface area contributed by atoms with Gasteiger partial charge in [-0.15, -0.1) is 0 Å². The summed E-state index contributed by atoms with van der Waals surface area (Å²) in [5, 5.41) is 2.93. The minimum absolute atomic E-state index is 0.0000724. The molecule has 18 heterocycles. The Morgan fingerprint density at radius 2 is 0.653 bits per heavy atom. The van der Waals surface area contributed by atoms with E-state index in [9.17, 15) is 58.2 Å². The van der Waals surface area contributed by atoms with Crippen LogP contribution in [0.3, 0.4) is 0 Å². The van der Waals surface area contributed by atoms with E-state index in [0.29, 0.717) is 23.5 Å². The van der Waals surface area contributed by atoms with Crippen LogP contribution in [-0.2, 0) is 179 Å². The number of nitrogens with two attached hydrogens (primary N) is 6. The summed E-state index contributed by atoms with van der Waals surface area (Å²) in [4.78, 5) is 204. The Hall–Kier alpha value is -7.04. The molecule has 7 fully saturated rings. The third-order valence-electron chi connectivity index (χ3n) is 24.6. The van der Waals surface area contributed by atoms with Crippen molar-refractivity contribution in [3.05, 3.63) is 137 Å². The Morgan fingerprint density at radius 1 is 0.374 bits per heavy atom. The monoisotopic (exact) mass is 2320 g/mol. The fourth-order valence-corrected chi connectivity index (χ4v) is 27.3. The highest BCUT2D eigenvalue weighted by atomic mass is 32.5. The van der Waals surface area contributed by atoms with Gasteiger partial charge in [0.2, 0.25) is 0 Å². The second-order valence-corrected chi connectivity index (χ2v) is 54.0. The van der Waals surface area contributed by atoms with Gasteiger partial charge in [0.15, 0.2) is 40.4 Å². The van der Waals surface area contributed by atoms with Crippen LogP contribution in [0.4, 0.5) is 29.1 Å². The zero-order valence-electron chi connectivity index (χ0n) is 77.1. The van der Waals surface area contributed by atoms with E-state index < -0.39 is 250 Å². The second-order valence-electron chi connectivity index (χ2n) is 34.4. The fraction of sp³-hybridized carbons (Fsp3) is 0.569. The first-order valence-corrected chi connectivity index (χ1v) is 62.5. The number of guanidine groups is 1. The van der Waals surface area contributed by atoms with Gasteiger partial charge in [-0.05, 0) is 110 Å². The maximum atomic E-state index is 13.6. The van der Waals surface area contributed by atoms with E-state index in [-0.39, 0.29) is 119 Å². The molecule has 29 atom stereocenters. The maximum absolute atomic E-state index is 13.6. The number of nitrogens with one attached hydrogen (secondary N) is 3. The normalized spacial score (nSPS) is 30.3. The fourth-order valence-electron chi connectivity index (χ4n) is 17.5. The van der Waals surface area contributed by atoms with Gasteiger partial charge in [0, 0.05) is 87.3 Å². The van der Waals surface area contributed by atoms with E-state index >= 15 is 0 Å². The number of hydrogen-bond acceptors (Lipinski definition) is 52. The molecule has 75 heteroatoms. The number of nitrogens with zero attached hydrogens (tertiary/aromatic N) is 19. The summed E-state index contributed by atoms with van der Waals surface area (Å²) in [6.45, 7) is -29.2. The number of aliphatic imine (C=N–C) groups is 1. The highest BCUT2D eigenvalue weighted by molar-refractivity contribution is 8.09. The lowest BCUT2D eigenvalue weighted by molar-refractivity contribution is -0.0568. The van der Waals surface area contributed by atoms with E-state index in [1.54, 1.807) is 18.4 Å². The Balaban J connectivity index is 0.560. The predicted octanol–water partition coefficient (Wildman–Crippen LogP) is 1.09. The molecule has 0 saturated carbocycles. The lowest BCUT2D eigenvalue weighted by Crippen LogP contribution is -2.33. The van der Waals surface area contributed by atoms with Crippen LogP contribution in [0.5, 0.6) is 0 Å². The van der Waals surface area contributed by atoms with Gasteiger partial charge in [-0.2, -0.15) is 4.98 Å². The van der Waals surface area contributed by atoms with Crippen molar-refractivity contribution in [3.63, 3.8) is 0 Å². The molecule has 0 radical (unpaired) electrons. The topological polar surface area (TPSA) is 809 Å². The first-order chi connectivity index (χ1) is 69.5. The van der Waals surface area contributed by atoms with Gasteiger partial charge in [-0.3, -0.25) is 51.5 Å². The number of fused-ring (bicyclic) bond motifs is 4. The molecule has 0 bridgehead atoms. The third-order valence-corrected chi connectivity index (χ3v) is 35.8. The number of ether oxygens (including phenoxy) is 7. The van der Waals surface area contributed by atoms with Crippen molar-refractivity contribution in [2.75, 3.05) is 75.0 Å². The largest absolute Gasteiger partial charge is 0.383 e. The Morgan fingerprint density at radius 3 is 0.973 bits per heavy atom. The van der Waals surface area contributed by atoms with Gasteiger partial charge in [0.25, 0.3) is 11.1 Å². The number of aromatic nitrogens is 20. The molecule has 800 valence electrons. The van der Waals surface area contributed by atoms with Crippen LogP contribution in [0.15, 0.2) is 91.8 Å². The lowest BCUT2D eigenvalue weighted by atomic mass is 10.1. The molecule has 8 aliphatic rings. The van der Waals surface area contributed by atoms with E-state index in [4.69, 9.17) is 214 Å². The number of rotatable bonds is 41. The molecule has 0 amide bonds. The summed E-state index contributed by atoms with van der Waals surface area (Å²) in [7, 11) is 1.16. The van der Waals surface area contributed by atoms with Crippen molar-refractivity contribution in [2.45, 2.75) is 214 Å². The molecule has 10 aromatic rings. The number of anilines is 5. The van der Waals surface area contributed by atoms with E-state index in [1.807, 2.05) is 0 Å². The number of H-pyrrole nitrogens is 2. The average molecular weight is 2320 g/mol. The molecule has 61 nitrogen and oxygen atoms in total. The predicted molar refractivity (Wildman–Crippen MR) is 536 cm³/mol. The molecule has 10 aromatic heterocycles. The van der Waals surface area contributed by atoms with Crippen molar-refractivity contribution in [1.82, 2.24) is 96.8 Å². The van der Waals surface area contributed by atoms with Gasteiger partial charge in [0.05, 0.1) is 114 Å². The number of imidazole rings is 4. The molecule has 147 heavy (non-hydrogen) atoms. The van der Waals surface area contributed by atoms with Gasteiger partial charge in [-0.25, -0.2) is 69.2 Å². The van der Waals surface area contributed by atoms with E-state index in [0.717, 1.165) is 16.2 Å². The molecule has 0 aromatic carbocycles. The van der Waals surface area contributed by atoms with Gasteiger partial charge in [0.1, 0.15) is 139 Å². The molecule has 18 rings (SSSR count). The lowest BCUT2D eigenvalue weighted by Gasteiger charge is -2.29. The second kappa shape index (κ2) is 44.1. The Kier molecular flexibility index (Phi) is 32.9. The summed E-state index contributed by atoms with van der Waals surface area (Å²) in [6.07, 6.45) is -14.3. The first kappa shape index (κ1) is 110. The minimum Gasteiger partial charge on any atom is -0.383 e. The zero-order valence-corrected chi connectivity index (χ0v) is 89.0. The summed E-state index contributed by atoms with van der Waals surface area (Å²) < 4.78 is 139. The van der Waals surface area contributed by atoms with Crippen molar-refractivity contribution in [2.24, 2.45) is 16.5 Å². The van der Waals surface area contributed by atoms with Crippen LogP contribution in [0.25, 0.3) is 33.5 Å². The number of aryl methyl sites for hydroxylation is 3. The quantitative estimate of drug-likeness (QED) is 0.0239. The number of aromatic amines is 2. The molecule has 8 aliphatic heterocycles. The summed E-state index contributed by atoms with van der Waals surface area (Å²) in [5.74, 6) is 0.314. The van der Waals surface area contributed by atoms with Crippen LogP contribution in [0.1, 0.15) is 130 Å². The van der Waals surface area contributed by atoms with Crippen molar-refractivity contribution in [1.29, 1.82) is 0 Å². The summed E-state index contributed by atoms with van der Waals surface area (Å²) >= 11 is 39.4. The highest BCUT2D eigenvalue weighted by Gasteiger charge is 2.52.